The number of carbonyl (C=O) groups is 3. The number of aliphatic carboxylic acids is 1. The largest absolute Gasteiger partial charge is 0.480 e. The fourth-order valence-electron chi connectivity index (χ4n) is 1.59. The number of ether oxygens (including phenoxy) is 1. The first-order valence-electron chi connectivity index (χ1n) is 6.38. The quantitative estimate of drug-likeness (QED) is 0.654. The van der Waals surface area contributed by atoms with E-state index in [1.54, 1.807) is 34.6 Å². The first kappa shape index (κ1) is 18.2. The fourth-order valence-corrected chi connectivity index (χ4v) is 1.59. The SMILES string of the molecule is COC(=O)C(NC(=O)N[C@H](C(=O)O)C(C)(C)C)C(C)C. The van der Waals surface area contributed by atoms with E-state index in [9.17, 15) is 14.4 Å². The van der Waals surface area contributed by atoms with Gasteiger partial charge in [-0.05, 0) is 11.3 Å². The van der Waals surface area contributed by atoms with Crippen molar-refractivity contribution in [2.24, 2.45) is 11.3 Å². The van der Waals surface area contributed by atoms with Gasteiger partial charge in [0.15, 0.2) is 0 Å². The molecule has 7 nitrogen and oxygen atoms in total. The van der Waals surface area contributed by atoms with Gasteiger partial charge in [-0.2, -0.15) is 0 Å². The van der Waals surface area contributed by atoms with Crippen molar-refractivity contribution in [3.05, 3.63) is 0 Å². The summed E-state index contributed by atoms with van der Waals surface area (Å²) in [5.41, 5.74) is -0.651. The number of carboxylic acid groups (broad SMARTS) is 1. The monoisotopic (exact) mass is 288 g/mol. The van der Waals surface area contributed by atoms with Crippen LogP contribution in [0.3, 0.4) is 0 Å². The molecule has 0 spiro atoms. The summed E-state index contributed by atoms with van der Waals surface area (Å²) in [6, 6.07) is -2.60. The molecular weight excluding hydrogens is 264 g/mol. The van der Waals surface area contributed by atoms with Crippen molar-refractivity contribution in [3.63, 3.8) is 0 Å². The van der Waals surface area contributed by atoms with Crippen LogP contribution in [-0.2, 0) is 14.3 Å². The molecule has 0 aromatic carbocycles. The van der Waals surface area contributed by atoms with Gasteiger partial charge in [-0.3, -0.25) is 0 Å². The van der Waals surface area contributed by atoms with Gasteiger partial charge in [0.25, 0.3) is 0 Å². The van der Waals surface area contributed by atoms with Crippen molar-refractivity contribution in [1.82, 2.24) is 10.6 Å². The highest BCUT2D eigenvalue weighted by Crippen LogP contribution is 2.19. The third kappa shape index (κ3) is 5.46. The number of hydrogen-bond donors (Lipinski definition) is 3. The Kier molecular flexibility index (Phi) is 6.48. The minimum atomic E-state index is -1.13. The number of methoxy groups -OCH3 is 1. The fraction of sp³-hybridized carbons (Fsp3) is 0.769. The van der Waals surface area contributed by atoms with Gasteiger partial charge in [-0.25, -0.2) is 14.4 Å². The average Bonchev–Trinajstić information content (AvgIpc) is 2.29. The van der Waals surface area contributed by atoms with Crippen LogP contribution in [0.2, 0.25) is 0 Å². The van der Waals surface area contributed by atoms with E-state index in [1.165, 1.54) is 7.11 Å². The van der Waals surface area contributed by atoms with E-state index in [0.29, 0.717) is 0 Å². The van der Waals surface area contributed by atoms with Gasteiger partial charge in [-0.1, -0.05) is 34.6 Å². The first-order valence-corrected chi connectivity index (χ1v) is 6.38. The number of nitrogens with one attached hydrogen (secondary N) is 2. The van der Waals surface area contributed by atoms with Crippen LogP contribution in [0.1, 0.15) is 34.6 Å². The Balaban J connectivity index is 4.83. The van der Waals surface area contributed by atoms with Crippen LogP contribution in [0.15, 0.2) is 0 Å². The molecule has 0 saturated carbocycles. The van der Waals surface area contributed by atoms with E-state index < -0.39 is 35.5 Å². The molecular formula is C13H24N2O5. The summed E-state index contributed by atoms with van der Waals surface area (Å²) < 4.78 is 4.60. The molecule has 2 amide bonds. The Morgan fingerprint density at radius 1 is 1.10 bits per heavy atom. The minimum absolute atomic E-state index is 0.175. The number of rotatable bonds is 5. The molecule has 0 rings (SSSR count). The molecule has 0 aliphatic carbocycles. The third-order valence-corrected chi connectivity index (χ3v) is 2.80. The lowest BCUT2D eigenvalue weighted by Crippen LogP contribution is -2.56. The standard InChI is InChI=1S/C13H24N2O5/c1-7(2)8(11(18)20-6)14-12(19)15-9(10(16)17)13(3,4)5/h7-9H,1-6H3,(H,16,17)(H2,14,15,19)/t8?,9-/m1/s1. The lowest BCUT2D eigenvalue weighted by Gasteiger charge is -2.29. The van der Waals surface area contributed by atoms with Crippen molar-refractivity contribution in [1.29, 1.82) is 0 Å². The molecule has 0 radical (unpaired) electrons. The van der Waals surface area contributed by atoms with E-state index in [0.717, 1.165) is 0 Å². The lowest BCUT2D eigenvalue weighted by atomic mass is 9.87. The van der Waals surface area contributed by atoms with Gasteiger partial charge in [-0.15, -0.1) is 0 Å². The predicted octanol–water partition coefficient (Wildman–Crippen LogP) is 0.982. The second kappa shape index (κ2) is 7.12. The highest BCUT2D eigenvalue weighted by Gasteiger charge is 2.34. The number of hydrogen-bond acceptors (Lipinski definition) is 4. The molecule has 2 atom stereocenters. The smallest absolute Gasteiger partial charge is 0.328 e. The van der Waals surface area contributed by atoms with E-state index in [-0.39, 0.29) is 5.92 Å². The van der Waals surface area contributed by atoms with Gasteiger partial charge >= 0.3 is 18.0 Å². The maximum Gasteiger partial charge on any atom is 0.328 e. The molecule has 1 unspecified atom stereocenters. The molecule has 0 aliphatic rings. The Morgan fingerprint density at radius 2 is 1.60 bits per heavy atom. The third-order valence-electron chi connectivity index (χ3n) is 2.80. The summed E-state index contributed by atoms with van der Waals surface area (Å²) in [6.45, 7) is 8.60. The summed E-state index contributed by atoms with van der Waals surface area (Å²) in [7, 11) is 1.23. The van der Waals surface area contributed by atoms with E-state index in [4.69, 9.17) is 5.11 Å². The Hall–Kier alpha value is -1.79. The Morgan fingerprint density at radius 3 is 1.90 bits per heavy atom. The van der Waals surface area contributed by atoms with Crippen molar-refractivity contribution >= 4 is 18.0 Å². The summed E-state index contributed by atoms with van der Waals surface area (Å²) >= 11 is 0. The zero-order valence-electron chi connectivity index (χ0n) is 12.8. The molecule has 0 heterocycles. The molecule has 116 valence electrons. The van der Waals surface area contributed by atoms with E-state index in [1.807, 2.05) is 0 Å². The zero-order chi connectivity index (χ0) is 16.1. The lowest BCUT2D eigenvalue weighted by molar-refractivity contribution is -0.144. The normalized spacial score (nSPS) is 14.3. The highest BCUT2D eigenvalue weighted by molar-refractivity contribution is 5.87. The number of urea groups is 1. The molecule has 0 aromatic rings. The molecule has 0 aliphatic heterocycles. The second-order valence-electron chi connectivity index (χ2n) is 6.00. The zero-order valence-corrected chi connectivity index (χ0v) is 12.8. The van der Waals surface area contributed by atoms with Crippen LogP contribution in [0, 0.1) is 11.3 Å². The van der Waals surface area contributed by atoms with E-state index in [2.05, 4.69) is 15.4 Å². The number of esters is 1. The summed E-state index contributed by atoms with van der Waals surface area (Å²) in [6.07, 6.45) is 0. The van der Waals surface area contributed by atoms with Crippen LogP contribution < -0.4 is 10.6 Å². The van der Waals surface area contributed by atoms with Crippen molar-refractivity contribution in [2.45, 2.75) is 46.7 Å². The number of amides is 2. The van der Waals surface area contributed by atoms with Crippen LogP contribution in [-0.4, -0.2) is 42.3 Å². The van der Waals surface area contributed by atoms with E-state index >= 15 is 0 Å². The Labute approximate surface area is 119 Å². The molecule has 0 fully saturated rings. The molecule has 0 aromatic heterocycles. The molecule has 7 heteroatoms. The van der Waals surface area contributed by atoms with Gasteiger partial charge in [0.1, 0.15) is 12.1 Å². The van der Waals surface area contributed by atoms with Crippen molar-refractivity contribution < 1.29 is 24.2 Å². The molecule has 3 N–H and O–H groups in total. The van der Waals surface area contributed by atoms with Gasteiger partial charge in [0.05, 0.1) is 7.11 Å². The molecule has 20 heavy (non-hydrogen) atoms. The van der Waals surface area contributed by atoms with Crippen LogP contribution >= 0.6 is 0 Å². The molecule has 0 saturated heterocycles. The second-order valence-corrected chi connectivity index (χ2v) is 6.00. The number of carbonyl (C=O) groups excluding carboxylic acids is 2. The highest BCUT2D eigenvalue weighted by atomic mass is 16.5. The van der Waals surface area contributed by atoms with Crippen LogP contribution in [0.4, 0.5) is 4.79 Å². The summed E-state index contributed by atoms with van der Waals surface area (Å²) in [5.74, 6) is -1.88. The maximum atomic E-state index is 11.8. The minimum Gasteiger partial charge on any atom is -0.480 e. The number of carboxylic acids is 1. The van der Waals surface area contributed by atoms with Gasteiger partial charge < -0.3 is 20.5 Å². The van der Waals surface area contributed by atoms with Crippen molar-refractivity contribution in [3.8, 4) is 0 Å². The van der Waals surface area contributed by atoms with Gasteiger partial charge in [0.2, 0.25) is 0 Å². The van der Waals surface area contributed by atoms with Crippen molar-refractivity contribution in [2.75, 3.05) is 7.11 Å². The average molecular weight is 288 g/mol. The Bertz CT molecular complexity index is 373. The predicted molar refractivity (Wildman–Crippen MR) is 73.2 cm³/mol. The summed E-state index contributed by atoms with van der Waals surface area (Å²) in [5, 5.41) is 13.9. The topological polar surface area (TPSA) is 105 Å². The summed E-state index contributed by atoms with van der Waals surface area (Å²) in [4.78, 5) is 34.5. The molecule has 0 bridgehead atoms. The van der Waals surface area contributed by atoms with Crippen LogP contribution in [0.25, 0.3) is 0 Å². The van der Waals surface area contributed by atoms with Crippen LogP contribution in [0.5, 0.6) is 0 Å². The maximum absolute atomic E-state index is 11.8. The van der Waals surface area contributed by atoms with Gasteiger partial charge in [0, 0.05) is 0 Å². The first-order chi connectivity index (χ1) is 9.00.